The fraction of sp³-hybridized carbons (Fsp3) is 0.400. The van der Waals surface area contributed by atoms with Crippen LogP contribution in [0.5, 0.6) is 5.75 Å². The van der Waals surface area contributed by atoms with E-state index in [1.807, 2.05) is 81.4 Å². The first kappa shape index (κ1) is 35.1. The lowest BCUT2D eigenvalue weighted by atomic mass is 9.96. The SMILES string of the molecule is CCCNC(=O)c1cc(C(N)=O)cc(C(=O)N(CCC)[C@@H](Cc2ccc(N(C)C)cc2)[C@H](O)CNCc2cccc(OC)c2)c1. The summed E-state index contributed by atoms with van der Waals surface area (Å²) in [5.74, 6) is -0.785. The summed E-state index contributed by atoms with van der Waals surface area (Å²) in [5, 5.41) is 17.8. The Balaban J connectivity index is 1.96. The van der Waals surface area contributed by atoms with E-state index in [1.165, 1.54) is 18.2 Å². The van der Waals surface area contributed by atoms with E-state index in [9.17, 15) is 19.5 Å². The monoisotopic (exact) mass is 617 g/mol. The first-order valence-corrected chi connectivity index (χ1v) is 15.4. The average molecular weight is 618 g/mol. The number of methoxy groups -OCH3 is 1. The van der Waals surface area contributed by atoms with Crippen molar-refractivity contribution in [2.45, 2.75) is 51.8 Å². The Morgan fingerprint density at radius 2 is 1.60 bits per heavy atom. The van der Waals surface area contributed by atoms with Gasteiger partial charge in [-0.3, -0.25) is 14.4 Å². The van der Waals surface area contributed by atoms with Crippen LogP contribution in [0.25, 0.3) is 0 Å². The van der Waals surface area contributed by atoms with Gasteiger partial charge in [0.1, 0.15) is 5.75 Å². The van der Waals surface area contributed by atoms with Crippen LogP contribution in [0.15, 0.2) is 66.7 Å². The maximum absolute atomic E-state index is 14.2. The number of nitrogens with two attached hydrogens (primary N) is 1. The van der Waals surface area contributed by atoms with E-state index in [4.69, 9.17) is 10.5 Å². The fourth-order valence-electron chi connectivity index (χ4n) is 5.10. The molecule has 0 aromatic heterocycles. The predicted octanol–water partition coefficient (Wildman–Crippen LogP) is 3.61. The van der Waals surface area contributed by atoms with Crippen LogP contribution in [0.4, 0.5) is 5.69 Å². The number of ether oxygens (including phenoxy) is 1. The van der Waals surface area contributed by atoms with E-state index in [-0.39, 0.29) is 23.2 Å². The molecule has 0 bridgehead atoms. The van der Waals surface area contributed by atoms with Gasteiger partial charge in [0.2, 0.25) is 5.91 Å². The molecule has 0 radical (unpaired) electrons. The molecular formula is C35H47N5O5. The number of hydrogen-bond acceptors (Lipinski definition) is 7. The molecule has 0 unspecified atom stereocenters. The van der Waals surface area contributed by atoms with E-state index in [2.05, 4.69) is 10.6 Å². The molecule has 0 spiro atoms. The van der Waals surface area contributed by atoms with E-state index >= 15 is 0 Å². The van der Waals surface area contributed by atoms with Crippen LogP contribution >= 0.6 is 0 Å². The van der Waals surface area contributed by atoms with Gasteiger partial charge < -0.3 is 36.0 Å². The number of rotatable bonds is 17. The molecule has 0 aliphatic heterocycles. The highest BCUT2D eigenvalue weighted by Crippen LogP contribution is 2.21. The van der Waals surface area contributed by atoms with Crippen molar-refractivity contribution in [2.75, 3.05) is 45.7 Å². The van der Waals surface area contributed by atoms with Gasteiger partial charge in [-0.15, -0.1) is 0 Å². The zero-order chi connectivity index (χ0) is 32.9. The second-order valence-corrected chi connectivity index (χ2v) is 11.3. The molecule has 0 saturated heterocycles. The van der Waals surface area contributed by atoms with Gasteiger partial charge in [0.15, 0.2) is 0 Å². The van der Waals surface area contributed by atoms with Crippen LogP contribution in [0.2, 0.25) is 0 Å². The van der Waals surface area contributed by atoms with E-state index < -0.39 is 29.9 Å². The van der Waals surface area contributed by atoms with Gasteiger partial charge in [0, 0.05) is 62.7 Å². The molecule has 3 amide bonds. The third-order valence-electron chi connectivity index (χ3n) is 7.55. The molecule has 0 heterocycles. The highest BCUT2D eigenvalue weighted by atomic mass is 16.5. The maximum atomic E-state index is 14.2. The summed E-state index contributed by atoms with van der Waals surface area (Å²) in [6.45, 7) is 5.41. The average Bonchev–Trinajstić information content (AvgIpc) is 3.04. The van der Waals surface area contributed by atoms with Crippen molar-refractivity contribution in [2.24, 2.45) is 5.73 Å². The van der Waals surface area contributed by atoms with Crippen molar-refractivity contribution in [3.63, 3.8) is 0 Å². The molecule has 10 nitrogen and oxygen atoms in total. The summed E-state index contributed by atoms with van der Waals surface area (Å²) in [5.41, 5.74) is 8.98. The van der Waals surface area contributed by atoms with Gasteiger partial charge in [-0.2, -0.15) is 0 Å². The maximum Gasteiger partial charge on any atom is 0.254 e. The van der Waals surface area contributed by atoms with E-state index in [0.29, 0.717) is 32.5 Å². The third-order valence-corrected chi connectivity index (χ3v) is 7.55. The number of amides is 3. The highest BCUT2D eigenvalue weighted by molar-refractivity contribution is 6.04. The Hall–Kier alpha value is -4.41. The van der Waals surface area contributed by atoms with Crippen molar-refractivity contribution in [3.05, 3.63) is 94.5 Å². The van der Waals surface area contributed by atoms with Crippen LogP contribution in [0, 0.1) is 0 Å². The minimum absolute atomic E-state index is 0.0651. The molecule has 5 N–H and O–H groups in total. The summed E-state index contributed by atoms with van der Waals surface area (Å²) < 4.78 is 5.32. The Morgan fingerprint density at radius 1 is 0.911 bits per heavy atom. The molecule has 3 aromatic carbocycles. The van der Waals surface area contributed by atoms with Crippen LogP contribution in [-0.4, -0.2) is 80.7 Å². The quantitative estimate of drug-likeness (QED) is 0.182. The molecule has 242 valence electrons. The van der Waals surface area contributed by atoms with Gasteiger partial charge in [-0.05, 0) is 72.9 Å². The Labute approximate surface area is 266 Å². The summed E-state index contributed by atoms with van der Waals surface area (Å²) in [6, 6.07) is 19.4. The zero-order valence-electron chi connectivity index (χ0n) is 27.0. The van der Waals surface area contributed by atoms with E-state index in [0.717, 1.165) is 29.0 Å². The molecule has 0 aliphatic rings. The number of nitrogens with zero attached hydrogens (tertiary/aromatic N) is 2. The van der Waals surface area contributed by atoms with Crippen molar-refractivity contribution in [1.29, 1.82) is 0 Å². The minimum atomic E-state index is -0.939. The molecule has 45 heavy (non-hydrogen) atoms. The Kier molecular flexibility index (Phi) is 13.4. The lowest BCUT2D eigenvalue weighted by Gasteiger charge is -2.35. The van der Waals surface area contributed by atoms with Crippen molar-refractivity contribution in [3.8, 4) is 5.75 Å². The van der Waals surface area contributed by atoms with Gasteiger partial charge in [0.25, 0.3) is 11.8 Å². The normalized spacial score (nSPS) is 12.2. The largest absolute Gasteiger partial charge is 0.497 e. The summed E-state index contributed by atoms with van der Waals surface area (Å²) in [6.07, 6.45) is 0.816. The van der Waals surface area contributed by atoms with Crippen LogP contribution in [0.1, 0.15) is 68.9 Å². The molecule has 0 aliphatic carbocycles. The molecule has 2 atom stereocenters. The van der Waals surface area contributed by atoms with Crippen molar-refractivity contribution < 1.29 is 24.2 Å². The number of carbonyl (C=O) groups excluding carboxylic acids is 3. The Bertz CT molecular complexity index is 1430. The number of aliphatic hydroxyl groups excluding tert-OH is 1. The number of aliphatic hydroxyl groups is 1. The van der Waals surface area contributed by atoms with Gasteiger partial charge in [-0.25, -0.2) is 0 Å². The summed E-state index contributed by atoms with van der Waals surface area (Å²) in [7, 11) is 5.55. The fourth-order valence-corrected chi connectivity index (χ4v) is 5.10. The predicted molar refractivity (Wildman–Crippen MR) is 178 cm³/mol. The van der Waals surface area contributed by atoms with Crippen molar-refractivity contribution >= 4 is 23.4 Å². The molecule has 3 aromatic rings. The van der Waals surface area contributed by atoms with Crippen LogP contribution in [0.3, 0.4) is 0 Å². The van der Waals surface area contributed by atoms with Crippen LogP contribution in [-0.2, 0) is 13.0 Å². The topological polar surface area (TPSA) is 137 Å². The lowest BCUT2D eigenvalue weighted by molar-refractivity contribution is 0.0353. The number of anilines is 1. The molecule has 0 fully saturated rings. The van der Waals surface area contributed by atoms with Gasteiger partial charge >= 0.3 is 0 Å². The van der Waals surface area contributed by atoms with E-state index in [1.54, 1.807) is 12.0 Å². The minimum Gasteiger partial charge on any atom is -0.497 e. The van der Waals surface area contributed by atoms with Crippen LogP contribution < -0.4 is 26.0 Å². The summed E-state index contributed by atoms with van der Waals surface area (Å²) in [4.78, 5) is 42.9. The smallest absolute Gasteiger partial charge is 0.254 e. The lowest BCUT2D eigenvalue weighted by Crippen LogP contribution is -2.51. The molecular weight excluding hydrogens is 570 g/mol. The zero-order valence-corrected chi connectivity index (χ0v) is 27.0. The van der Waals surface area contributed by atoms with Gasteiger partial charge in [0.05, 0.1) is 19.3 Å². The highest BCUT2D eigenvalue weighted by Gasteiger charge is 2.31. The number of nitrogens with one attached hydrogen (secondary N) is 2. The standard InChI is InChI=1S/C35H47N5O5/c1-6-15-38-34(43)27-19-26(33(36)42)20-28(21-27)35(44)40(16-7-2)31(18-24-11-13-29(14-12-24)39(3)4)32(41)23-37-22-25-9-8-10-30(17-25)45-5/h8-14,17,19-21,31-32,37,41H,6-7,15-16,18,22-23H2,1-5H3,(H2,36,42)(H,38,43)/t31-,32+/m0/s1. The first-order chi connectivity index (χ1) is 21.6. The molecule has 10 heteroatoms. The second kappa shape index (κ2) is 17.2. The third kappa shape index (κ3) is 10.1. The molecule has 3 rings (SSSR count). The summed E-state index contributed by atoms with van der Waals surface area (Å²) >= 11 is 0. The second-order valence-electron chi connectivity index (χ2n) is 11.3. The number of primary amides is 1. The number of hydrogen-bond donors (Lipinski definition) is 4. The number of benzene rings is 3. The number of carbonyl (C=O) groups is 3. The molecule has 0 saturated carbocycles. The van der Waals surface area contributed by atoms with Gasteiger partial charge in [-0.1, -0.05) is 38.1 Å². The Morgan fingerprint density at radius 3 is 2.22 bits per heavy atom. The van der Waals surface area contributed by atoms with Crippen molar-refractivity contribution in [1.82, 2.24) is 15.5 Å². The first-order valence-electron chi connectivity index (χ1n) is 15.4.